The largest absolute Gasteiger partial charge is 0.372 e. The Kier molecular flexibility index (Phi) is 4.30. The van der Waals surface area contributed by atoms with E-state index in [4.69, 9.17) is 0 Å². The monoisotopic (exact) mass is 285 g/mol. The highest BCUT2D eigenvalue weighted by Gasteiger charge is 2.16. The van der Waals surface area contributed by atoms with E-state index < -0.39 is 0 Å². The van der Waals surface area contributed by atoms with Gasteiger partial charge in [0.2, 0.25) is 0 Å². The summed E-state index contributed by atoms with van der Waals surface area (Å²) in [7, 11) is 1.88. The van der Waals surface area contributed by atoms with Gasteiger partial charge >= 0.3 is 0 Å². The van der Waals surface area contributed by atoms with Gasteiger partial charge in [-0.15, -0.1) is 0 Å². The first-order valence-electron chi connectivity index (χ1n) is 5.60. The number of hydrogen-bond donors (Lipinski definition) is 1. The molecule has 1 aromatic rings. The summed E-state index contributed by atoms with van der Waals surface area (Å²) in [6.07, 6.45) is 1.80. The van der Waals surface area contributed by atoms with Crippen molar-refractivity contribution < 1.29 is 0 Å². The normalized spacial score (nSPS) is 11.6. The van der Waals surface area contributed by atoms with Crippen LogP contribution in [0, 0.1) is 5.41 Å². The van der Waals surface area contributed by atoms with Crippen LogP contribution in [0.25, 0.3) is 0 Å². The van der Waals surface area contributed by atoms with Crippen LogP contribution < -0.4 is 5.32 Å². The number of rotatable bonds is 3. The van der Waals surface area contributed by atoms with E-state index in [1.165, 1.54) is 0 Å². The average Bonchev–Trinajstić information content (AvgIpc) is 2.18. The number of nitrogens with zero attached hydrogens (tertiary/aromatic N) is 2. The Balaban J connectivity index is 3.12. The topological polar surface area (TPSA) is 37.8 Å². The molecular formula is C12H20BrN3. The van der Waals surface area contributed by atoms with E-state index >= 15 is 0 Å². The smallest absolute Gasteiger partial charge is 0.144 e. The van der Waals surface area contributed by atoms with Gasteiger partial charge in [0.1, 0.15) is 11.6 Å². The van der Waals surface area contributed by atoms with Crippen molar-refractivity contribution in [2.45, 2.75) is 40.5 Å². The van der Waals surface area contributed by atoms with Gasteiger partial charge in [-0.2, -0.15) is 0 Å². The SMILES string of the molecule is CCc1nc(CC(C)(C)C)nc(NC)c1Br. The van der Waals surface area contributed by atoms with Crippen molar-refractivity contribution in [2.75, 3.05) is 12.4 Å². The van der Waals surface area contributed by atoms with Crippen LogP contribution in [0.2, 0.25) is 0 Å². The van der Waals surface area contributed by atoms with E-state index in [9.17, 15) is 0 Å². The second-order valence-corrected chi connectivity index (χ2v) is 5.88. The number of aromatic nitrogens is 2. The van der Waals surface area contributed by atoms with Gasteiger partial charge in [0.15, 0.2) is 0 Å². The predicted octanol–water partition coefficient (Wildman–Crippen LogP) is 3.43. The number of hydrogen-bond acceptors (Lipinski definition) is 3. The minimum atomic E-state index is 0.212. The fourth-order valence-electron chi connectivity index (χ4n) is 1.50. The first kappa shape index (κ1) is 13.4. The van der Waals surface area contributed by atoms with Crippen LogP contribution in [-0.4, -0.2) is 17.0 Å². The Bertz CT molecular complexity index is 344. The molecule has 3 nitrogen and oxygen atoms in total. The first-order valence-corrected chi connectivity index (χ1v) is 6.39. The van der Waals surface area contributed by atoms with Crippen LogP contribution in [0.15, 0.2) is 4.47 Å². The molecule has 0 saturated carbocycles. The Hall–Kier alpha value is -0.640. The molecule has 0 amide bonds. The quantitative estimate of drug-likeness (QED) is 0.925. The third-order valence-corrected chi connectivity index (χ3v) is 3.06. The summed E-state index contributed by atoms with van der Waals surface area (Å²) in [6.45, 7) is 8.70. The summed E-state index contributed by atoms with van der Waals surface area (Å²) < 4.78 is 0.982. The molecule has 16 heavy (non-hydrogen) atoms. The summed E-state index contributed by atoms with van der Waals surface area (Å²) in [5.41, 5.74) is 1.28. The molecule has 0 aromatic carbocycles. The third-order valence-electron chi connectivity index (χ3n) is 2.23. The van der Waals surface area contributed by atoms with Crippen LogP contribution in [0.4, 0.5) is 5.82 Å². The van der Waals surface area contributed by atoms with Gasteiger partial charge in [-0.1, -0.05) is 27.7 Å². The fraction of sp³-hybridized carbons (Fsp3) is 0.667. The molecule has 0 bridgehead atoms. The fourth-order valence-corrected chi connectivity index (χ4v) is 2.15. The molecule has 0 aliphatic carbocycles. The van der Waals surface area contributed by atoms with Crippen molar-refractivity contribution in [3.63, 3.8) is 0 Å². The minimum Gasteiger partial charge on any atom is -0.372 e. The van der Waals surface area contributed by atoms with Crippen LogP contribution in [0.1, 0.15) is 39.2 Å². The minimum absolute atomic E-state index is 0.212. The average molecular weight is 286 g/mol. The molecule has 1 rings (SSSR count). The highest BCUT2D eigenvalue weighted by atomic mass is 79.9. The predicted molar refractivity (Wildman–Crippen MR) is 71.8 cm³/mol. The Morgan fingerprint density at radius 3 is 2.31 bits per heavy atom. The molecule has 0 radical (unpaired) electrons. The standard InChI is InChI=1S/C12H20BrN3/c1-6-8-10(13)11(14-5)16-9(15-8)7-12(2,3)4/h6-7H2,1-5H3,(H,14,15,16). The van der Waals surface area contributed by atoms with Crippen molar-refractivity contribution in [2.24, 2.45) is 5.41 Å². The highest BCUT2D eigenvalue weighted by Crippen LogP contribution is 2.26. The Morgan fingerprint density at radius 1 is 1.25 bits per heavy atom. The maximum Gasteiger partial charge on any atom is 0.144 e. The highest BCUT2D eigenvalue weighted by molar-refractivity contribution is 9.10. The Morgan fingerprint density at radius 2 is 1.88 bits per heavy atom. The molecule has 0 spiro atoms. The number of aryl methyl sites for hydroxylation is 1. The van der Waals surface area contributed by atoms with E-state index in [1.807, 2.05) is 7.05 Å². The molecular weight excluding hydrogens is 266 g/mol. The lowest BCUT2D eigenvalue weighted by Gasteiger charge is -2.18. The zero-order chi connectivity index (χ0) is 12.3. The lowest BCUT2D eigenvalue weighted by molar-refractivity contribution is 0.400. The second kappa shape index (κ2) is 5.13. The molecule has 0 unspecified atom stereocenters. The maximum atomic E-state index is 4.59. The lowest BCUT2D eigenvalue weighted by atomic mass is 9.92. The molecule has 1 aromatic heterocycles. The van der Waals surface area contributed by atoms with Crippen LogP contribution >= 0.6 is 15.9 Å². The van der Waals surface area contributed by atoms with Gasteiger partial charge < -0.3 is 5.32 Å². The molecule has 0 aliphatic rings. The van der Waals surface area contributed by atoms with E-state index in [-0.39, 0.29) is 5.41 Å². The summed E-state index contributed by atoms with van der Waals surface area (Å²) in [6, 6.07) is 0. The summed E-state index contributed by atoms with van der Waals surface area (Å²) >= 11 is 3.53. The number of halogens is 1. The van der Waals surface area contributed by atoms with Crippen LogP contribution in [-0.2, 0) is 12.8 Å². The first-order chi connectivity index (χ1) is 7.37. The molecule has 1 N–H and O–H groups in total. The van der Waals surface area contributed by atoms with E-state index in [0.717, 1.165) is 34.7 Å². The molecule has 90 valence electrons. The van der Waals surface area contributed by atoms with Crippen LogP contribution in [0.3, 0.4) is 0 Å². The summed E-state index contributed by atoms with van der Waals surface area (Å²) in [5.74, 6) is 1.79. The van der Waals surface area contributed by atoms with Gasteiger partial charge in [0, 0.05) is 13.5 Å². The van der Waals surface area contributed by atoms with Gasteiger partial charge in [0.05, 0.1) is 10.2 Å². The van der Waals surface area contributed by atoms with E-state index in [1.54, 1.807) is 0 Å². The van der Waals surface area contributed by atoms with Crippen molar-refractivity contribution in [1.82, 2.24) is 9.97 Å². The van der Waals surface area contributed by atoms with Crippen molar-refractivity contribution >= 4 is 21.7 Å². The molecule has 0 saturated heterocycles. The molecule has 0 fully saturated rings. The summed E-state index contributed by atoms with van der Waals surface area (Å²) in [4.78, 5) is 9.10. The number of nitrogens with one attached hydrogen (secondary N) is 1. The third kappa shape index (κ3) is 3.44. The lowest BCUT2D eigenvalue weighted by Crippen LogP contribution is -2.14. The molecule has 0 aliphatic heterocycles. The summed E-state index contributed by atoms with van der Waals surface area (Å²) in [5, 5.41) is 3.10. The van der Waals surface area contributed by atoms with Gasteiger partial charge in [0.25, 0.3) is 0 Å². The van der Waals surface area contributed by atoms with Gasteiger partial charge in [-0.3, -0.25) is 0 Å². The van der Waals surface area contributed by atoms with Gasteiger partial charge in [-0.25, -0.2) is 9.97 Å². The molecule has 1 heterocycles. The van der Waals surface area contributed by atoms with Crippen molar-refractivity contribution in [3.8, 4) is 0 Å². The molecule has 4 heteroatoms. The van der Waals surface area contributed by atoms with Crippen LogP contribution in [0.5, 0.6) is 0 Å². The maximum absolute atomic E-state index is 4.59. The second-order valence-electron chi connectivity index (χ2n) is 5.09. The Labute approximate surface area is 106 Å². The van der Waals surface area contributed by atoms with Crippen molar-refractivity contribution in [3.05, 3.63) is 16.0 Å². The number of anilines is 1. The van der Waals surface area contributed by atoms with Gasteiger partial charge in [-0.05, 0) is 27.8 Å². The van der Waals surface area contributed by atoms with E-state index in [2.05, 4.69) is 58.9 Å². The van der Waals surface area contributed by atoms with Crippen molar-refractivity contribution in [1.29, 1.82) is 0 Å². The molecule has 0 atom stereocenters. The zero-order valence-electron chi connectivity index (χ0n) is 10.7. The zero-order valence-corrected chi connectivity index (χ0v) is 12.3. The van der Waals surface area contributed by atoms with E-state index in [0.29, 0.717) is 0 Å².